The van der Waals surface area contributed by atoms with Crippen molar-refractivity contribution in [1.82, 2.24) is 0 Å². The standard InChI is InChI=1S/C14H15NO3/c15-8-3-9-18-12-7-6-10-4-1-2-5-11(10)13(12)14(16)17/h1-2,4-7H,3,8-9,15H2,(H,16,17). The molecule has 2 aromatic rings. The number of hydrogen-bond acceptors (Lipinski definition) is 3. The van der Waals surface area contributed by atoms with Crippen LogP contribution in [-0.4, -0.2) is 24.2 Å². The van der Waals surface area contributed by atoms with Crippen LogP contribution in [0, 0.1) is 0 Å². The molecule has 0 radical (unpaired) electrons. The Bertz CT molecular complexity index is 566. The summed E-state index contributed by atoms with van der Waals surface area (Å²) >= 11 is 0. The topological polar surface area (TPSA) is 72.5 Å². The van der Waals surface area contributed by atoms with E-state index in [0.29, 0.717) is 30.7 Å². The van der Waals surface area contributed by atoms with Crippen molar-refractivity contribution in [2.24, 2.45) is 5.73 Å². The zero-order valence-corrected chi connectivity index (χ0v) is 9.93. The molecular weight excluding hydrogens is 230 g/mol. The first kappa shape index (κ1) is 12.4. The summed E-state index contributed by atoms with van der Waals surface area (Å²) in [6, 6.07) is 10.9. The van der Waals surface area contributed by atoms with Gasteiger partial charge in [0.25, 0.3) is 0 Å². The van der Waals surface area contributed by atoms with Crippen LogP contribution in [0.3, 0.4) is 0 Å². The molecular formula is C14H15NO3. The van der Waals surface area contributed by atoms with E-state index in [1.165, 1.54) is 0 Å². The molecule has 4 nitrogen and oxygen atoms in total. The number of carboxylic acids is 1. The van der Waals surface area contributed by atoms with Gasteiger partial charge in [-0.2, -0.15) is 0 Å². The van der Waals surface area contributed by atoms with Crippen LogP contribution in [-0.2, 0) is 0 Å². The highest BCUT2D eigenvalue weighted by atomic mass is 16.5. The van der Waals surface area contributed by atoms with E-state index in [9.17, 15) is 9.90 Å². The molecule has 0 heterocycles. The Morgan fingerprint density at radius 1 is 1.22 bits per heavy atom. The molecule has 0 saturated carbocycles. The summed E-state index contributed by atoms with van der Waals surface area (Å²) in [5, 5.41) is 10.9. The Balaban J connectivity index is 2.46. The van der Waals surface area contributed by atoms with E-state index in [4.69, 9.17) is 10.5 Å². The maximum Gasteiger partial charge on any atom is 0.340 e. The first-order valence-corrected chi connectivity index (χ1v) is 5.82. The average Bonchev–Trinajstić information content (AvgIpc) is 2.38. The van der Waals surface area contributed by atoms with Crippen LogP contribution in [0.5, 0.6) is 5.75 Å². The van der Waals surface area contributed by atoms with Gasteiger partial charge in [0, 0.05) is 0 Å². The Hall–Kier alpha value is -2.07. The van der Waals surface area contributed by atoms with Gasteiger partial charge in [-0.3, -0.25) is 0 Å². The Kier molecular flexibility index (Phi) is 3.79. The second kappa shape index (κ2) is 5.51. The van der Waals surface area contributed by atoms with E-state index in [-0.39, 0.29) is 5.56 Å². The lowest BCUT2D eigenvalue weighted by atomic mass is 10.0. The van der Waals surface area contributed by atoms with Gasteiger partial charge in [0.05, 0.1) is 6.61 Å². The lowest BCUT2D eigenvalue weighted by molar-refractivity contribution is 0.0694. The van der Waals surface area contributed by atoms with Crippen LogP contribution < -0.4 is 10.5 Å². The second-order valence-corrected chi connectivity index (χ2v) is 3.96. The SMILES string of the molecule is NCCCOc1ccc2ccccc2c1C(=O)O. The van der Waals surface area contributed by atoms with Crippen molar-refractivity contribution in [3.8, 4) is 5.75 Å². The molecule has 0 fully saturated rings. The number of aromatic carboxylic acids is 1. The largest absolute Gasteiger partial charge is 0.493 e. The molecule has 0 unspecified atom stereocenters. The highest BCUT2D eigenvalue weighted by Crippen LogP contribution is 2.28. The summed E-state index contributed by atoms with van der Waals surface area (Å²) in [7, 11) is 0. The van der Waals surface area contributed by atoms with Gasteiger partial charge in [0.2, 0.25) is 0 Å². The molecule has 0 aliphatic heterocycles. The minimum atomic E-state index is -0.977. The number of ether oxygens (including phenoxy) is 1. The second-order valence-electron chi connectivity index (χ2n) is 3.96. The number of benzene rings is 2. The highest BCUT2D eigenvalue weighted by Gasteiger charge is 2.15. The number of fused-ring (bicyclic) bond motifs is 1. The fourth-order valence-corrected chi connectivity index (χ4v) is 1.86. The number of hydrogen-bond donors (Lipinski definition) is 2. The van der Waals surface area contributed by atoms with Crippen LogP contribution in [0.1, 0.15) is 16.8 Å². The number of carboxylic acid groups (broad SMARTS) is 1. The molecule has 3 N–H and O–H groups in total. The quantitative estimate of drug-likeness (QED) is 0.792. The molecule has 0 aliphatic rings. The van der Waals surface area contributed by atoms with Crippen LogP contribution in [0.25, 0.3) is 10.8 Å². The van der Waals surface area contributed by atoms with E-state index in [2.05, 4.69) is 0 Å². The maximum absolute atomic E-state index is 11.4. The molecule has 94 valence electrons. The van der Waals surface area contributed by atoms with Crippen molar-refractivity contribution in [2.75, 3.05) is 13.2 Å². The Morgan fingerprint density at radius 2 is 2.00 bits per heavy atom. The zero-order valence-electron chi connectivity index (χ0n) is 9.93. The third kappa shape index (κ3) is 2.43. The van der Waals surface area contributed by atoms with Crippen LogP contribution in [0.2, 0.25) is 0 Å². The molecule has 0 aromatic heterocycles. The smallest absolute Gasteiger partial charge is 0.340 e. The third-order valence-electron chi connectivity index (χ3n) is 2.71. The first-order chi connectivity index (χ1) is 8.74. The lowest BCUT2D eigenvalue weighted by Gasteiger charge is -2.11. The normalized spacial score (nSPS) is 10.5. The summed E-state index contributed by atoms with van der Waals surface area (Å²) < 4.78 is 5.49. The highest BCUT2D eigenvalue weighted by molar-refractivity contribution is 6.06. The molecule has 2 aromatic carbocycles. The molecule has 0 spiro atoms. The van der Waals surface area contributed by atoms with Crippen molar-refractivity contribution < 1.29 is 14.6 Å². The van der Waals surface area contributed by atoms with Gasteiger partial charge < -0.3 is 15.6 Å². The molecule has 2 rings (SSSR count). The fourth-order valence-electron chi connectivity index (χ4n) is 1.86. The minimum absolute atomic E-state index is 0.213. The average molecular weight is 245 g/mol. The third-order valence-corrected chi connectivity index (χ3v) is 2.71. The number of rotatable bonds is 5. The summed E-state index contributed by atoms with van der Waals surface area (Å²) in [6.07, 6.45) is 0.700. The number of carbonyl (C=O) groups is 1. The monoisotopic (exact) mass is 245 g/mol. The predicted molar refractivity (Wildman–Crippen MR) is 70.1 cm³/mol. The molecule has 0 saturated heterocycles. The molecule has 4 heteroatoms. The maximum atomic E-state index is 11.4. The van der Waals surface area contributed by atoms with Crippen molar-refractivity contribution >= 4 is 16.7 Å². The summed E-state index contributed by atoms with van der Waals surface area (Å²) in [4.78, 5) is 11.4. The van der Waals surface area contributed by atoms with Gasteiger partial charge in [-0.05, 0) is 29.8 Å². The van der Waals surface area contributed by atoms with Gasteiger partial charge >= 0.3 is 5.97 Å². The summed E-state index contributed by atoms with van der Waals surface area (Å²) in [6.45, 7) is 0.950. The molecule has 0 amide bonds. The van der Waals surface area contributed by atoms with Crippen molar-refractivity contribution in [3.05, 3.63) is 42.0 Å². The Labute approximate surface area is 105 Å². The first-order valence-electron chi connectivity index (χ1n) is 5.82. The summed E-state index contributed by atoms with van der Waals surface area (Å²) in [5.41, 5.74) is 5.60. The molecule has 18 heavy (non-hydrogen) atoms. The van der Waals surface area contributed by atoms with Gasteiger partial charge in [0.1, 0.15) is 11.3 Å². The van der Waals surface area contributed by atoms with Crippen molar-refractivity contribution in [3.63, 3.8) is 0 Å². The van der Waals surface area contributed by atoms with Gasteiger partial charge in [-0.25, -0.2) is 4.79 Å². The molecule has 0 atom stereocenters. The fraction of sp³-hybridized carbons (Fsp3) is 0.214. The van der Waals surface area contributed by atoms with Crippen LogP contribution in [0.4, 0.5) is 0 Å². The van der Waals surface area contributed by atoms with E-state index in [0.717, 1.165) is 5.39 Å². The molecule has 0 bridgehead atoms. The predicted octanol–water partition coefficient (Wildman–Crippen LogP) is 2.27. The molecule has 0 aliphatic carbocycles. The van der Waals surface area contributed by atoms with Crippen LogP contribution >= 0.6 is 0 Å². The Morgan fingerprint density at radius 3 is 2.72 bits per heavy atom. The van der Waals surface area contributed by atoms with Gasteiger partial charge in [-0.15, -0.1) is 0 Å². The summed E-state index contributed by atoms with van der Waals surface area (Å²) in [5.74, 6) is -0.579. The zero-order chi connectivity index (χ0) is 13.0. The van der Waals surface area contributed by atoms with E-state index >= 15 is 0 Å². The van der Waals surface area contributed by atoms with E-state index < -0.39 is 5.97 Å². The number of nitrogens with two attached hydrogens (primary N) is 1. The van der Waals surface area contributed by atoms with Crippen molar-refractivity contribution in [2.45, 2.75) is 6.42 Å². The van der Waals surface area contributed by atoms with Crippen molar-refractivity contribution in [1.29, 1.82) is 0 Å². The lowest BCUT2D eigenvalue weighted by Crippen LogP contribution is -2.09. The van der Waals surface area contributed by atoms with Crippen LogP contribution in [0.15, 0.2) is 36.4 Å². The minimum Gasteiger partial charge on any atom is -0.493 e. The van der Waals surface area contributed by atoms with Gasteiger partial charge in [0.15, 0.2) is 0 Å². The van der Waals surface area contributed by atoms with E-state index in [1.807, 2.05) is 24.3 Å². The van der Waals surface area contributed by atoms with E-state index in [1.54, 1.807) is 12.1 Å². The van der Waals surface area contributed by atoms with Gasteiger partial charge in [-0.1, -0.05) is 30.3 Å².